The normalized spacial score (nSPS) is 25.9. The molecule has 1 aliphatic carbocycles. The maximum absolute atomic E-state index is 12.7. The van der Waals surface area contributed by atoms with Crippen molar-refractivity contribution in [1.82, 2.24) is 4.90 Å². The summed E-state index contributed by atoms with van der Waals surface area (Å²) in [5.41, 5.74) is 0.682. The molecular formula is C17H18ClNO4. The van der Waals surface area contributed by atoms with Gasteiger partial charge in [0.15, 0.2) is 5.76 Å². The smallest absolute Gasteiger partial charge is 0.323 e. The zero-order valence-electron chi connectivity index (χ0n) is 12.6. The van der Waals surface area contributed by atoms with Crippen LogP contribution in [-0.2, 0) is 14.3 Å². The molecule has 2 atom stereocenters. The second-order valence-electron chi connectivity index (χ2n) is 5.87. The van der Waals surface area contributed by atoms with E-state index in [1.165, 1.54) is 4.90 Å². The number of carbonyl (C=O) groups is 2. The van der Waals surface area contributed by atoms with Crippen LogP contribution in [0.1, 0.15) is 31.2 Å². The molecule has 0 bridgehead atoms. The molecule has 6 heteroatoms. The van der Waals surface area contributed by atoms with Gasteiger partial charge in [0.1, 0.15) is 12.6 Å². The van der Waals surface area contributed by atoms with Crippen molar-refractivity contribution in [2.24, 2.45) is 0 Å². The summed E-state index contributed by atoms with van der Waals surface area (Å²) < 4.78 is 5.89. The molecular weight excluding hydrogens is 318 g/mol. The fourth-order valence-corrected chi connectivity index (χ4v) is 3.43. The molecule has 1 N–H and O–H groups in total. The van der Waals surface area contributed by atoms with Gasteiger partial charge in [-0.3, -0.25) is 9.59 Å². The highest BCUT2D eigenvalue weighted by Crippen LogP contribution is 2.33. The number of nitrogens with zero attached hydrogens (tertiary/aromatic N) is 1. The van der Waals surface area contributed by atoms with E-state index < -0.39 is 5.97 Å². The summed E-state index contributed by atoms with van der Waals surface area (Å²) in [5, 5.41) is 9.64. The number of hydrogen-bond acceptors (Lipinski definition) is 3. The van der Waals surface area contributed by atoms with E-state index in [4.69, 9.17) is 21.4 Å². The van der Waals surface area contributed by atoms with Crippen molar-refractivity contribution in [2.75, 3.05) is 6.54 Å². The van der Waals surface area contributed by atoms with E-state index in [2.05, 4.69) is 0 Å². The summed E-state index contributed by atoms with van der Waals surface area (Å²) in [6.07, 6.45) is 5.07. The van der Waals surface area contributed by atoms with Gasteiger partial charge in [-0.25, -0.2) is 0 Å². The lowest BCUT2D eigenvalue weighted by Gasteiger charge is -2.43. The Labute approximate surface area is 139 Å². The molecule has 1 aromatic rings. The molecule has 0 radical (unpaired) electrons. The Bertz CT molecular complexity index is 658. The molecule has 122 valence electrons. The molecule has 2 aliphatic rings. The predicted octanol–water partition coefficient (Wildman–Crippen LogP) is 2.94. The van der Waals surface area contributed by atoms with Gasteiger partial charge < -0.3 is 14.7 Å². The van der Waals surface area contributed by atoms with Crippen molar-refractivity contribution in [3.05, 3.63) is 40.6 Å². The largest absolute Gasteiger partial charge is 0.482 e. The summed E-state index contributed by atoms with van der Waals surface area (Å²) in [4.78, 5) is 25.2. The van der Waals surface area contributed by atoms with E-state index in [-0.39, 0.29) is 30.4 Å². The van der Waals surface area contributed by atoms with E-state index in [1.807, 2.05) is 12.1 Å². The van der Waals surface area contributed by atoms with E-state index in [1.54, 1.807) is 18.2 Å². The van der Waals surface area contributed by atoms with Crippen LogP contribution in [-0.4, -0.2) is 40.6 Å². The molecule has 3 rings (SSSR count). The van der Waals surface area contributed by atoms with Crippen LogP contribution in [0.2, 0.25) is 5.02 Å². The van der Waals surface area contributed by atoms with Gasteiger partial charge in [0.25, 0.3) is 5.91 Å². The number of hydrogen-bond donors (Lipinski definition) is 1. The molecule has 2 fully saturated rings. The number of aliphatic carboxylic acids is 1. The van der Waals surface area contributed by atoms with Crippen molar-refractivity contribution in [3.8, 4) is 0 Å². The monoisotopic (exact) mass is 335 g/mol. The van der Waals surface area contributed by atoms with Crippen LogP contribution in [0.15, 0.2) is 30.0 Å². The fourth-order valence-electron chi connectivity index (χ4n) is 3.24. The first-order valence-electron chi connectivity index (χ1n) is 7.72. The van der Waals surface area contributed by atoms with Crippen molar-refractivity contribution in [3.63, 3.8) is 0 Å². The predicted molar refractivity (Wildman–Crippen MR) is 85.9 cm³/mol. The lowest BCUT2D eigenvalue weighted by Crippen LogP contribution is -2.56. The van der Waals surface area contributed by atoms with Gasteiger partial charge in [0.2, 0.25) is 0 Å². The molecule has 1 aromatic carbocycles. The van der Waals surface area contributed by atoms with Gasteiger partial charge in [-0.15, -0.1) is 0 Å². The van der Waals surface area contributed by atoms with Crippen molar-refractivity contribution in [1.29, 1.82) is 0 Å². The third-order valence-corrected chi connectivity index (χ3v) is 4.66. The van der Waals surface area contributed by atoms with Crippen LogP contribution in [0.5, 0.6) is 0 Å². The number of rotatable bonds is 3. The molecule has 1 heterocycles. The highest BCUT2D eigenvalue weighted by Gasteiger charge is 2.42. The number of ether oxygens (including phenoxy) is 1. The second-order valence-corrected chi connectivity index (χ2v) is 6.27. The Balaban J connectivity index is 1.93. The number of carboxylic acid groups (broad SMARTS) is 1. The van der Waals surface area contributed by atoms with Gasteiger partial charge in [-0.2, -0.15) is 0 Å². The SMILES string of the molecule is O=C(O)CN1C(=O)/C(=C/c2ccccc2Cl)OC2CCCCC21. The Morgan fingerprint density at radius 2 is 2.09 bits per heavy atom. The molecule has 0 spiro atoms. The minimum absolute atomic E-state index is 0.144. The molecule has 5 nitrogen and oxygen atoms in total. The Morgan fingerprint density at radius 3 is 2.83 bits per heavy atom. The highest BCUT2D eigenvalue weighted by molar-refractivity contribution is 6.32. The summed E-state index contributed by atoms with van der Waals surface area (Å²) in [5.74, 6) is -1.22. The molecule has 1 aliphatic heterocycles. The number of benzene rings is 1. The number of carbonyl (C=O) groups excluding carboxylic acids is 1. The number of amides is 1. The number of morpholine rings is 1. The summed E-state index contributed by atoms with van der Waals surface area (Å²) >= 11 is 6.13. The molecule has 1 saturated carbocycles. The number of halogens is 1. The minimum Gasteiger partial charge on any atom is -0.482 e. The maximum atomic E-state index is 12.7. The van der Waals surface area contributed by atoms with Gasteiger partial charge in [-0.05, 0) is 37.0 Å². The first-order valence-corrected chi connectivity index (χ1v) is 8.09. The third kappa shape index (κ3) is 3.34. The fraction of sp³-hybridized carbons (Fsp3) is 0.412. The molecule has 0 aromatic heterocycles. The minimum atomic E-state index is -1.01. The molecule has 23 heavy (non-hydrogen) atoms. The first kappa shape index (κ1) is 15.9. The standard InChI is InChI=1S/C17H18ClNO4/c18-12-6-2-1-5-11(12)9-15-17(22)19(10-16(20)21)13-7-3-4-8-14(13)23-15/h1-2,5-6,9,13-14H,3-4,7-8,10H2,(H,20,21)/b15-9-. The second kappa shape index (κ2) is 6.62. The number of fused-ring (bicyclic) bond motifs is 1. The number of carboxylic acids is 1. The Hall–Kier alpha value is -2.01. The summed E-state index contributed by atoms with van der Waals surface area (Å²) in [6, 6.07) is 7.00. The van der Waals surface area contributed by atoms with E-state index in [0.29, 0.717) is 10.6 Å². The van der Waals surface area contributed by atoms with Crippen molar-refractivity contribution in [2.45, 2.75) is 37.8 Å². The highest BCUT2D eigenvalue weighted by atomic mass is 35.5. The first-order chi connectivity index (χ1) is 11.1. The van der Waals surface area contributed by atoms with Crippen LogP contribution >= 0.6 is 11.6 Å². The van der Waals surface area contributed by atoms with E-state index in [9.17, 15) is 9.59 Å². The van der Waals surface area contributed by atoms with Gasteiger partial charge in [0, 0.05) is 5.02 Å². The zero-order chi connectivity index (χ0) is 16.4. The summed E-state index contributed by atoms with van der Waals surface area (Å²) in [6.45, 7) is -0.302. The van der Waals surface area contributed by atoms with Gasteiger partial charge in [0.05, 0.1) is 6.04 Å². The van der Waals surface area contributed by atoms with E-state index >= 15 is 0 Å². The van der Waals surface area contributed by atoms with Crippen LogP contribution in [0.3, 0.4) is 0 Å². The van der Waals surface area contributed by atoms with Crippen LogP contribution in [0.25, 0.3) is 6.08 Å². The van der Waals surface area contributed by atoms with Crippen LogP contribution in [0.4, 0.5) is 0 Å². The maximum Gasteiger partial charge on any atom is 0.323 e. The Kier molecular flexibility index (Phi) is 4.57. The quantitative estimate of drug-likeness (QED) is 0.862. The summed E-state index contributed by atoms with van der Waals surface area (Å²) in [7, 11) is 0. The molecule has 2 unspecified atom stereocenters. The lowest BCUT2D eigenvalue weighted by atomic mass is 9.89. The van der Waals surface area contributed by atoms with Crippen molar-refractivity contribution < 1.29 is 19.4 Å². The van der Waals surface area contributed by atoms with Gasteiger partial charge >= 0.3 is 5.97 Å². The van der Waals surface area contributed by atoms with Crippen LogP contribution < -0.4 is 0 Å². The van der Waals surface area contributed by atoms with Gasteiger partial charge in [-0.1, -0.05) is 36.2 Å². The molecule has 1 saturated heterocycles. The zero-order valence-corrected chi connectivity index (χ0v) is 13.3. The topological polar surface area (TPSA) is 66.8 Å². The Morgan fingerprint density at radius 1 is 1.35 bits per heavy atom. The average Bonchev–Trinajstić information content (AvgIpc) is 2.53. The van der Waals surface area contributed by atoms with Crippen LogP contribution in [0, 0.1) is 0 Å². The van der Waals surface area contributed by atoms with E-state index in [0.717, 1.165) is 25.7 Å². The lowest BCUT2D eigenvalue weighted by molar-refractivity contribution is -0.156. The van der Waals surface area contributed by atoms with Crippen molar-refractivity contribution >= 4 is 29.6 Å². The molecule has 1 amide bonds. The average molecular weight is 336 g/mol. The third-order valence-electron chi connectivity index (χ3n) is 4.32.